The molecule has 1 aliphatic heterocycles. The van der Waals surface area contributed by atoms with Crippen LogP contribution in [0.2, 0.25) is 0 Å². The lowest BCUT2D eigenvalue weighted by atomic mass is 10.1. The number of carbonyl (C=O) groups excluding carboxylic acids is 1. The van der Waals surface area contributed by atoms with Gasteiger partial charge in [-0.2, -0.15) is 11.3 Å². The first-order valence-electron chi connectivity index (χ1n) is 7.15. The Balaban J connectivity index is 0.00000132. The van der Waals surface area contributed by atoms with E-state index in [4.69, 9.17) is 0 Å². The highest BCUT2D eigenvalue weighted by Gasteiger charge is 2.25. The number of hydrogen-bond acceptors (Lipinski definition) is 4. The third kappa shape index (κ3) is 4.23. The molecule has 3 rings (SSSR count). The Hall–Kier alpha value is -1.14. The topological polar surface area (TPSA) is 45.2 Å². The molecule has 0 saturated carbocycles. The van der Waals surface area contributed by atoms with Gasteiger partial charge in [0, 0.05) is 30.6 Å². The number of nitrogens with zero attached hydrogens (tertiary/aromatic N) is 2. The monoisotopic (exact) mass is 373 g/mol. The molecule has 2 aromatic rings. The van der Waals surface area contributed by atoms with Gasteiger partial charge in [0.2, 0.25) is 0 Å². The molecular weight excluding hydrogens is 353 g/mol. The molecule has 1 saturated heterocycles. The lowest BCUT2D eigenvalue weighted by Crippen LogP contribution is -2.38. The summed E-state index contributed by atoms with van der Waals surface area (Å²) >= 11 is 1.65. The summed E-state index contributed by atoms with van der Waals surface area (Å²) in [5, 5.41) is 7.40. The number of pyridine rings is 1. The maximum absolute atomic E-state index is 12.6. The molecule has 0 aliphatic carbocycles. The van der Waals surface area contributed by atoms with Crippen LogP contribution < -0.4 is 5.32 Å². The molecule has 4 nitrogen and oxygen atoms in total. The SMILES string of the molecule is Cc1nc(-c2ccsc2)ccc1C(=O)N(C)C1CCNC1.Cl.Cl. The van der Waals surface area contributed by atoms with E-state index >= 15 is 0 Å². The Morgan fingerprint density at radius 2 is 2.13 bits per heavy atom. The fourth-order valence-electron chi connectivity index (χ4n) is 2.68. The maximum Gasteiger partial charge on any atom is 0.255 e. The average Bonchev–Trinajstić information content (AvgIpc) is 3.18. The number of rotatable bonds is 3. The molecule has 0 bridgehead atoms. The van der Waals surface area contributed by atoms with Crippen molar-refractivity contribution in [3.8, 4) is 11.3 Å². The lowest BCUT2D eigenvalue weighted by molar-refractivity contribution is 0.0742. The van der Waals surface area contributed by atoms with E-state index < -0.39 is 0 Å². The number of nitrogens with one attached hydrogen (secondary N) is 1. The average molecular weight is 374 g/mol. The highest BCUT2D eigenvalue weighted by atomic mass is 35.5. The van der Waals surface area contributed by atoms with Gasteiger partial charge in [0.1, 0.15) is 0 Å². The summed E-state index contributed by atoms with van der Waals surface area (Å²) in [5.74, 6) is 0.0607. The molecule has 1 N–H and O–H groups in total. The number of aromatic nitrogens is 1. The van der Waals surface area contributed by atoms with Crippen molar-refractivity contribution in [3.63, 3.8) is 0 Å². The summed E-state index contributed by atoms with van der Waals surface area (Å²) in [6, 6.07) is 6.16. The van der Waals surface area contributed by atoms with Crippen LogP contribution in [-0.2, 0) is 0 Å². The molecule has 1 amide bonds. The fraction of sp³-hybridized carbons (Fsp3) is 0.375. The van der Waals surface area contributed by atoms with Crippen molar-refractivity contribution in [2.24, 2.45) is 0 Å². The second kappa shape index (κ2) is 8.64. The highest BCUT2D eigenvalue weighted by molar-refractivity contribution is 7.08. The second-order valence-corrected chi connectivity index (χ2v) is 6.18. The zero-order valence-corrected chi connectivity index (χ0v) is 15.6. The van der Waals surface area contributed by atoms with Crippen LogP contribution in [0.15, 0.2) is 29.0 Å². The quantitative estimate of drug-likeness (QED) is 0.896. The van der Waals surface area contributed by atoms with Gasteiger partial charge in [-0.05, 0) is 43.5 Å². The van der Waals surface area contributed by atoms with Gasteiger partial charge in [-0.3, -0.25) is 9.78 Å². The van der Waals surface area contributed by atoms with E-state index in [1.54, 1.807) is 11.3 Å². The molecule has 1 aliphatic rings. The Bertz CT molecular complexity index is 643. The minimum Gasteiger partial charge on any atom is -0.337 e. The Morgan fingerprint density at radius 3 is 2.70 bits per heavy atom. The van der Waals surface area contributed by atoms with Crippen LogP contribution in [-0.4, -0.2) is 42.0 Å². The Kier molecular flexibility index (Phi) is 7.48. The van der Waals surface area contributed by atoms with E-state index in [0.717, 1.165) is 36.5 Å². The van der Waals surface area contributed by atoms with Gasteiger partial charge >= 0.3 is 0 Å². The molecule has 23 heavy (non-hydrogen) atoms. The van der Waals surface area contributed by atoms with E-state index in [0.29, 0.717) is 5.56 Å². The number of aryl methyl sites for hydroxylation is 1. The first-order valence-corrected chi connectivity index (χ1v) is 8.09. The predicted octanol–water partition coefficient (Wildman–Crippen LogP) is 3.40. The second-order valence-electron chi connectivity index (χ2n) is 5.40. The number of carbonyl (C=O) groups is 1. The van der Waals surface area contributed by atoms with Crippen LogP contribution >= 0.6 is 36.2 Å². The molecule has 0 radical (unpaired) electrons. The maximum atomic E-state index is 12.6. The molecule has 126 valence electrons. The van der Waals surface area contributed by atoms with Crippen LogP contribution in [0.3, 0.4) is 0 Å². The van der Waals surface area contributed by atoms with Gasteiger partial charge in [0.05, 0.1) is 17.0 Å². The molecule has 1 fully saturated rings. The molecule has 1 unspecified atom stereocenters. The van der Waals surface area contributed by atoms with Crippen molar-refractivity contribution in [2.45, 2.75) is 19.4 Å². The van der Waals surface area contributed by atoms with Crippen LogP contribution in [0.4, 0.5) is 0 Å². The lowest BCUT2D eigenvalue weighted by Gasteiger charge is -2.24. The van der Waals surface area contributed by atoms with Gasteiger partial charge in [-0.25, -0.2) is 0 Å². The Morgan fingerprint density at radius 1 is 1.35 bits per heavy atom. The smallest absolute Gasteiger partial charge is 0.255 e. The van der Waals surface area contributed by atoms with Gasteiger partial charge in [-0.1, -0.05) is 0 Å². The molecule has 2 aromatic heterocycles. The van der Waals surface area contributed by atoms with Crippen LogP contribution in [0.5, 0.6) is 0 Å². The Labute approximate surface area is 153 Å². The van der Waals surface area contributed by atoms with E-state index in [9.17, 15) is 4.79 Å². The minimum atomic E-state index is 0. The normalized spacial score (nSPS) is 16.3. The molecule has 3 heterocycles. The molecule has 1 atom stereocenters. The number of thiophene rings is 1. The zero-order chi connectivity index (χ0) is 14.8. The van der Waals surface area contributed by atoms with Crippen LogP contribution in [0, 0.1) is 6.92 Å². The number of halogens is 2. The van der Waals surface area contributed by atoms with Gasteiger partial charge in [0.25, 0.3) is 5.91 Å². The summed E-state index contributed by atoms with van der Waals surface area (Å²) in [4.78, 5) is 19.0. The summed E-state index contributed by atoms with van der Waals surface area (Å²) in [6.07, 6.45) is 1.02. The van der Waals surface area contributed by atoms with E-state index in [1.807, 2.05) is 42.5 Å². The largest absolute Gasteiger partial charge is 0.337 e. The van der Waals surface area contributed by atoms with Crippen molar-refractivity contribution in [1.29, 1.82) is 0 Å². The van der Waals surface area contributed by atoms with Gasteiger partial charge in [0.15, 0.2) is 0 Å². The number of likely N-dealkylation sites (N-methyl/N-ethyl adjacent to an activating group) is 1. The van der Waals surface area contributed by atoms with E-state index in [1.165, 1.54) is 0 Å². The van der Waals surface area contributed by atoms with Crippen molar-refractivity contribution in [3.05, 3.63) is 40.2 Å². The molecule has 0 spiro atoms. The van der Waals surface area contributed by atoms with Crippen LogP contribution in [0.25, 0.3) is 11.3 Å². The number of hydrogen-bond donors (Lipinski definition) is 1. The summed E-state index contributed by atoms with van der Waals surface area (Å²) in [5.41, 5.74) is 3.52. The summed E-state index contributed by atoms with van der Waals surface area (Å²) in [7, 11) is 1.88. The fourth-order valence-corrected chi connectivity index (χ4v) is 3.33. The van der Waals surface area contributed by atoms with Crippen molar-refractivity contribution in [1.82, 2.24) is 15.2 Å². The predicted molar refractivity (Wildman–Crippen MR) is 100 cm³/mol. The van der Waals surface area contributed by atoms with E-state index in [2.05, 4.69) is 15.7 Å². The first kappa shape index (κ1) is 19.9. The molecule has 0 aromatic carbocycles. The standard InChI is InChI=1S/C16H19N3OS.2ClH/c1-11-14(16(20)19(2)13-5-7-17-9-13)3-4-15(18-11)12-6-8-21-10-12;;/h3-4,6,8,10,13,17H,5,7,9H2,1-2H3;2*1H. The number of amides is 1. The highest BCUT2D eigenvalue weighted by Crippen LogP contribution is 2.22. The van der Waals surface area contributed by atoms with Crippen LogP contribution in [0.1, 0.15) is 22.5 Å². The van der Waals surface area contributed by atoms with Crippen molar-refractivity contribution >= 4 is 42.1 Å². The van der Waals surface area contributed by atoms with Gasteiger partial charge < -0.3 is 10.2 Å². The van der Waals surface area contributed by atoms with E-state index in [-0.39, 0.29) is 36.8 Å². The molecule has 7 heteroatoms. The summed E-state index contributed by atoms with van der Waals surface area (Å²) in [6.45, 7) is 3.77. The van der Waals surface area contributed by atoms with Gasteiger partial charge in [-0.15, -0.1) is 24.8 Å². The van der Waals surface area contributed by atoms with Crippen molar-refractivity contribution < 1.29 is 4.79 Å². The first-order chi connectivity index (χ1) is 10.2. The van der Waals surface area contributed by atoms with Crippen molar-refractivity contribution in [2.75, 3.05) is 20.1 Å². The molecular formula is C16H21Cl2N3OS. The third-order valence-electron chi connectivity index (χ3n) is 4.04. The summed E-state index contributed by atoms with van der Waals surface area (Å²) < 4.78 is 0. The minimum absolute atomic E-state index is 0. The third-order valence-corrected chi connectivity index (χ3v) is 4.72. The zero-order valence-electron chi connectivity index (χ0n) is 13.1.